The second-order valence-electron chi connectivity index (χ2n) is 7.85. The van der Waals surface area contributed by atoms with Crippen molar-refractivity contribution in [1.82, 2.24) is 20.1 Å². The van der Waals surface area contributed by atoms with E-state index in [1.807, 2.05) is 24.0 Å². The maximum Gasteiger partial charge on any atom is 0.240 e. The minimum atomic E-state index is -0.0939. The lowest BCUT2D eigenvalue weighted by molar-refractivity contribution is -0.134. The molecule has 0 aliphatic carbocycles. The number of hydrogen-bond donors (Lipinski definition) is 1. The van der Waals surface area contributed by atoms with Gasteiger partial charge in [-0.1, -0.05) is 36.4 Å². The summed E-state index contributed by atoms with van der Waals surface area (Å²) in [4.78, 5) is 21.8. The molecule has 2 fully saturated rings. The molecule has 2 saturated heterocycles. The van der Waals surface area contributed by atoms with E-state index in [1.165, 1.54) is 17.5 Å². The second-order valence-corrected chi connectivity index (χ2v) is 8.93. The molecule has 0 radical (unpaired) electrons. The smallest absolute Gasteiger partial charge is 0.240 e. The second kappa shape index (κ2) is 10.2. The molecule has 1 aromatic carbocycles. The fourth-order valence-corrected chi connectivity index (χ4v) is 5.26. The number of carbonyl (C=O) groups is 1. The van der Waals surface area contributed by atoms with Crippen LogP contribution in [-0.2, 0) is 11.2 Å². The average molecular weight is 411 g/mol. The van der Waals surface area contributed by atoms with Gasteiger partial charge in [-0.2, -0.15) is 11.8 Å². The topological polar surface area (TPSA) is 48.5 Å². The highest BCUT2D eigenvalue weighted by Crippen LogP contribution is 2.25. The van der Waals surface area contributed by atoms with E-state index in [-0.39, 0.29) is 18.0 Å². The minimum Gasteiger partial charge on any atom is -0.339 e. The molecule has 1 aromatic heterocycles. The van der Waals surface area contributed by atoms with Crippen LogP contribution in [0.4, 0.5) is 0 Å². The number of aromatic nitrogens is 1. The molecule has 0 unspecified atom stereocenters. The van der Waals surface area contributed by atoms with Gasteiger partial charge < -0.3 is 4.90 Å². The number of nitrogens with one attached hydrogen (secondary N) is 1. The summed E-state index contributed by atoms with van der Waals surface area (Å²) in [5, 5.41) is 3.56. The fraction of sp³-hybridized carbons (Fsp3) is 0.478. The van der Waals surface area contributed by atoms with E-state index in [2.05, 4.69) is 56.5 Å². The molecule has 4 rings (SSSR count). The Morgan fingerprint density at radius 3 is 2.66 bits per heavy atom. The van der Waals surface area contributed by atoms with Gasteiger partial charge in [0.25, 0.3) is 0 Å². The Bertz CT molecular complexity index is 765. The fourth-order valence-electron chi connectivity index (χ4n) is 4.12. The van der Waals surface area contributed by atoms with Crippen molar-refractivity contribution in [3.05, 3.63) is 66.0 Å². The Balaban J connectivity index is 1.21. The van der Waals surface area contributed by atoms with Crippen LogP contribution in [0.5, 0.6) is 0 Å². The molecule has 3 heterocycles. The van der Waals surface area contributed by atoms with Gasteiger partial charge in [0, 0.05) is 56.1 Å². The third-order valence-corrected chi connectivity index (χ3v) is 6.96. The van der Waals surface area contributed by atoms with Gasteiger partial charge >= 0.3 is 0 Å². The number of hydrogen-bond acceptors (Lipinski definition) is 5. The Morgan fingerprint density at radius 1 is 1.07 bits per heavy atom. The SMILES string of the molecule is O=C([C@@H]1CSC[C@H](c2cccnc2)N1)N1CCN(CCCc2ccccc2)CC1. The number of benzene rings is 1. The normalized spacial score (nSPS) is 23.1. The molecular formula is C23H30N4OS. The van der Waals surface area contributed by atoms with Crippen LogP contribution in [0.2, 0.25) is 0 Å². The van der Waals surface area contributed by atoms with Crippen LogP contribution in [0.15, 0.2) is 54.9 Å². The molecule has 2 aliphatic heterocycles. The first-order chi connectivity index (χ1) is 14.3. The van der Waals surface area contributed by atoms with Crippen LogP contribution in [0.3, 0.4) is 0 Å². The van der Waals surface area contributed by atoms with Gasteiger partial charge in [0.1, 0.15) is 0 Å². The Morgan fingerprint density at radius 2 is 1.90 bits per heavy atom. The van der Waals surface area contributed by atoms with Crippen LogP contribution >= 0.6 is 11.8 Å². The largest absolute Gasteiger partial charge is 0.339 e. The molecule has 1 amide bonds. The predicted octanol–water partition coefficient (Wildman–Crippen LogP) is 2.60. The minimum absolute atomic E-state index is 0.0939. The van der Waals surface area contributed by atoms with Gasteiger partial charge in [-0.25, -0.2) is 0 Å². The van der Waals surface area contributed by atoms with Gasteiger partial charge in [-0.05, 0) is 36.6 Å². The Hall–Kier alpha value is -1.89. The molecular weight excluding hydrogens is 380 g/mol. The average Bonchev–Trinajstić information content (AvgIpc) is 2.80. The van der Waals surface area contributed by atoms with Crippen molar-refractivity contribution in [3.63, 3.8) is 0 Å². The maximum absolute atomic E-state index is 13.1. The molecule has 154 valence electrons. The molecule has 0 saturated carbocycles. The highest BCUT2D eigenvalue weighted by Gasteiger charge is 2.32. The Labute approximate surface area is 177 Å². The highest BCUT2D eigenvalue weighted by molar-refractivity contribution is 7.99. The number of piperazine rings is 1. The van der Waals surface area contributed by atoms with E-state index in [9.17, 15) is 4.79 Å². The number of nitrogens with zero attached hydrogens (tertiary/aromatic N) is 3. The first kappa shape index (κ1) is 20.4. The van der Waals surface area contributed by atoms with Crippen LogP contribution < -0.4 is 5.32 Å². The van der Waals surface area contributed by atoms with Crippen molar-refractivity contribution in [3.8, 4) is 0 Å². The Kier molecular flexibility index (Phi) is 7.19. The molecule has 2 aliphatic rings. The summed E-state index contributed by atoms with van der Waals surface area (Å²) >= 11 is 1.86. The summed E-state index contributed by atoms with van der Waals surface area (Å²) in [6.45, 7) is 4.74. The quantitative estimate of drug-likeness (QED) is 0.793. The van der Waals surface area contributed by atoms with Gasteiger partial charge in [0.2, 0.25) is 5.91 Å². The monoisotopic (exact) mass is 410 g/mol. The summed E-state index contributed by atoms with van der Waals surface area (Å²) in [6, 6.07) is 14.8. The van der Waals surface area contributed by atoms with Crippen LogP contribution in [-0.4, -0.2) is 71.0 Å². The van der Waals surface area contributed by atoms with E-state index in [0.29, 0.717) is 0 Å². The van der Waals surface area contributed by atoms with Gasteiger partial charge in [0.05, 0.1) is 6.04 Å². The molecule has 6 heteroatoms. The van der Waals surface area contributed by atoms with Crippen molar-refractivity contribution in [1.29, 1.82) is 0 Å². The van der Waals surface area contributed by atoms with Crippen LogP contribution in [0.25, 0.3) is 0 Å². The molecule has 2 atom stereocenters. The molecule has 0 spiro atoms. The third-order valence-electron chi connectivity index (χ3n) is 5.82. The number of rotatable bonds is 6. The molecule has 2 aromatic rings. The summed E-state index contributed by atoms with van der Waals surface area (Å²) in [7, 11) is 0. The standard InChI is InChI=1S/C23H30N4OS/c28-23(22-18-29-17-21(25-22)20-9-4-10-24-16-20)27-14-12-26(13-15-27)11-5-8-19-6-2-1-3-7-19/h1-4,6-7,9-10,16,21-22,25H,5,8,11-15,17-18H2/t21-,22+/m1/s1. The van der Waals surface area contributed by atoms with E-state index >= 15 is 0 Å². The van der Waals surface area contributed by atoms with Gasteiger partial charge in [-0.15, -0.1) is 0 Å². The zero-order valence-electron chi connectivity index (χ0n) is 16.9. The number of carbonyl (C=O) groups excluding carboxylic acids is 1. The number of aryl methyl sites for hydroxylation is 1. The maximum atomic E-state index is 13.1. The predicted molar refractivity (Wildman–Crippen MR) is 119 cm³/mol. The van der Waals surface area contributed by atoms with Crippen molar-refractivity contribution < 1.29 is 4.79 Å². The summed E-state index contributed by atoms with van der Waals surface area (Å²) in [5.74, 6) is 2.10. The number of thioether (sulfide) groups is 1. The zero-order chi connectivity index (χ0) is 19.9. The third kappa shape index (κ3) is 5.59. The summed E-state index contributed by atoms with van der Waals surface area (Å²) in [5.41, 5.74) is 2.58. The van der Waals surface area contributed by atoms with E-state index in [4.69, 9.17) is 0 Å². The lowest BCUT2D eigenvalue weighted by Gasteiger charge is -2.38. The van der Waals surface area contributed by atoms with Crippen LogP contribution in [0, 0.1) is 0 Å². The van der Waals surface area contributed by atoms with Crippen LogP contribution in [0.1, 0.15) is 23.6 Å². The first-order valence-electron chi connectivity index (χ1n) is 10.6. The van der Waals surface area contributed by atoms with Crippen molar-refractivity contribution in [2.45, 2.75) is 24.9 Å². The molecule has 0 bridgehead atoms. The summed E-state index contributed by atoms with van der Waals surface area (Å²) in [6.07, 6.45) is 5.99. The lowest BCUT2D eigenvalue weighted by atomic mass is 10.1. The van der Waals surface area contributed by atoms with Crippen molar-refractivity contribution in [2.24, 2.45) is 0 Å². The van der Waals surface area contributed by atoms with Gasteiger partial charge in [0.15, 0.2) is 0 Å². The molecule has 29 heavy (non-hydrogen) atoms. The first-order valence-corrected chi connectivity index (χ1v) is 11.7. The highest BCUT2D eigenvalue weighted by atomic mass is 32.2. The number of pyridine rings is 1. The zero-order valence-corrected chi connectivity index (χ0v) is 17.7. The van der Waals surface area contributed by atoms with E-state index in [0.717, 1.165) is 50.7 Å². The lowest BCUT2D eigenvalue weighted by Crippen LogP contribution is -2.56. The number of amides is 1. The van der Waals surface area contributed by atoms with E-state index < -0.39 is 0 Å². The van der Waals surface area contributed by atoms with Crippen molar-refractivity contribution >= 4 is 17.7 Å². The van der Waals surface area contributed by atoms with Crippen molar-refractivity contribution in [2.75, 3.05) is 44.2 Å². The molecule has 5 nitrogen and oxygen atoms in total. The van der Waals surface area contributed by atoms with Gasteiger partial charge in [-0.3, -0.25) is 20.0 Å². The van der Waals surface area contributed by atoms with E-state index in [1.54, 1.807) is 6.20 Å². The summed E-state index contributed by atoms with van der Waals surface area (Å²) < 4.78 is 0. The molecule has 1 N–H and O–H groups in total.